The highest BCUT2D eigenvalue weighted by molar-refractivity contribution is 7.99. The second kappa shape index (κ2) is 4.46. The largest absolute Gasteiger partial charge is 0.366 e. The molecule has 96 valence electrons. The zero-order valence-electron chi connectivity index (χ0n) is 11.0. The van der Waals surface area contributed by atoms with Crippen LogP contribution in [0.1, 0.15) is 23.4 Å². The van der Waals surface area contributed by atoms with E-state index in [1.807, 2.05) is 30.1 Å². The quantitative estimate of drug-likeness (QED) is 0.903. The van der Waals surface area contributed by atoms with E-state index in [0.717, 1.165) is 22.9 Å². The minimum Gasteiger partial charge on any atom is -0.366 e. The number of hydrogen-bond acceptors (Lipinski definition) is 4. The number of aryl methyl sites for hydroxylation is 3. The van der Waals surface area contributed by atoms with Crippen LogP contribution in [-0.4, -0.2) is 32.1 Å². The fourth-order valence-electron chi connectivity index (χ4n) is 2.31. The van der Waals surface area contributed by atoms with Gasteiger partial charge in [0.25, 0.3) is 0 Å². The highest BCUT2D eigenvalue weighted by Crippen LogP contribution is 2.23. The molecule has 0 amide bonds. The smallest absolute Gasteiger partial charge is 0.160 e. The molecule has 5 heteroatoms. The van der Waals surface area contributed by atoms with Crippen LogP contribution in [0.2, 0.25) is 0 Å². The van der Waals surface area contributed by atoms with E-state index in [1.54, 1.807) is 0 Å². The maximum absolute atomic E-state index is 4.59. The SMILES string of the molecule is Cc1cc(N[C@H]2CCSC2)n2nc(C)c(C)c2n1. The summed E-state index contributed by atoms with van der Waals surface area (Å²) in [6.07, 6.45) is 1.23. The van der Waals surface area contributed by atoms with Gasteiger partial charge in [-0.05, 0) is 32.9 Å². The molecule has 3 heterocycles. The van der Waals surface area contributed by atoms with E-state index in [0.29, 0.717) is 6.04 Å². The first-order chi connectivity index (χ1) is 8.65. The molecule has 0 radical (unpaired) electrons. The van der Waals surface area contributed by atoms with Gasteiger partial charge in [0.2, 0.25) is 0 Å². The summed E-state index contributed by atoms with van der Waals surface area (Å²) in [6, 6.07) is 2.65. The van der Waals surface area contributed by atoms with Crippen LogP contribution in [0.25, 0.3) is 5.65 Å². The molecule has 1 N–H and O–H groups in total. The Hall–Kier alpha value is -1.23. The number of aromatic nitrogens is 3. The number of anilines is 1. The first-order valence-corrected chi connectivity index (χ1v) is 7.48. The molecule has 18 heavy (non-hydrogen) atoms. The molecule has 0 saturated carbocycles. The number of nitrogens with one attached hydrogen (secondary N) is 1. The first kappa shape index (κ1) is 11.8. The second-order valence-electron chi connectivity index (χ2n) is 4.93. The molecule has 1 aliphatic rings. The molecule has 1 atom stereocenters. The molecule has 0 unspecified atom stereocenters. The standard InChI is InChI=1S/C13H18N4S/c1-8-6-12(15-11-4-5-18-7-11)17-13(14-8)9(2)10(3)16-17/h6,11,15H,4-5,7H2,1-3H3/t11-/m0/s1. The Balaban J connectivity index is 2.06. The van der Waals surface area contributed by atoms with Crippen molar-refractivity contribution in [1.82, 2.24) is 14.6 Å². The van der Waals surface area contributed by atoms with Crippen molar-refractivity contribution >= 4 is 23.2 Å². The molecule has 0 bridgehead atoms. The van der Waals surface area contributed by atoms with Crippen LogP contribution >= 0.6 is 11.8 Å². The minimum atomic E-state index is 0.560. The summed E-state index contributed by atoms with van der Waals surface area (Å²) in [7, 11) is 0. The fourth-order valence-corrected chi connectivity index (χ4v) is 3.46. The number of fused-ring (bicyclic) bond motifs is 1. The molecular formula is C13H18N4S. The molecule has 0 aromatic carbocycles. The van der Waals surface area contributed by atoms with Gasteiger partial charge in [0.15, 0.2) is 5.65 Å². The Morgan fingerprint density at radius 1 is 1.39 bits per heavy atom. The summed E-state index contributed by atoms with van der Waals surface area (Å²) in [5, 5.41) is 8.19. The lowest BCUT2D eigenvalue weighted by Gasteiger charge is -2.14. The lowest BCUT2D eigenvalue weighted by atomic mass is 10.2. The van der Waals surface area contributed by atoms with Crippen LogP contribution in [0.3, 0.4) is 0 Å². The van der Waals surface area contributed by atoms with Gasteiger partial charge in [-0.1, -0.05) is 0 Å². The van der Waals surface area contributed by atoms with Crippen molar-refractivity contribution in [2.45, 2.75) is 33.2 Å². The summed E-state index contributed by atoms with van der Waals surface area (Å²) >= 11 is 2.01. The summed E-state index contributed by atoms with van der Waals surface area (Å²) in [4.78, 5) is 4.59. The molecule has 0 spiro atoms. The third-order valence-electron chi connectivity index (χ3n) is 3.47. The number of hydrogen-bond donors (Lipinski definition) is 1. The van der Waals surface area contributed by atoms with Crippen LogP contribution in [0.15, 0.2) is 6.07 Å². The molecule has 4 nitrogen and oxygen atoms in total. The van der Waals surface area contributed by atoms with Gasteiger partial charge >= 0.3 is 0 Å². The lowest BCUT2D eigenvalue weighted by molar-refractivity contribution is 0.787. The molecule has 2 aromatic heterocycles. The molecule has 1 aliphatic heterocycles. The van der Waals surface area contributed by atoms with Gasteiger partial charge < -0.3 is 5.32 Å². The van der Waals surface area contributed by atoms with E-state index >= 15 is 0 Å². The van der Waals surface area contributed by atoms with E-state index < -0.39 is 0 Å². The molecule has 0 aliphatic carbocycles. The Labute approximate surface area is 111 Å². The Bertz CT molecular complexity index is 584. The fraction of sp³-hybridized carbons (Fsp3) is 0.538. The van der Waals surface area contributed by atoms with Gasteiger partial charge in [0.05, 0.1) is 5.69 Å². The summed E-state index contributed by atoms with van der Waals surface area (Å²) in [6.45, 7) is 6.16. The van der Waals surface area contributed by atoms with Gasteiger partial charge in [0, 0.05) is 29.1 Å². The summed E-state index contributed by atoms with van der Waals surface area (Å²) in [5.74, 6) is 3.51. The zero-order chi connectivity index (χ0) is 12.7. The van der Waals surface area contributed by atoms with Crippen molar-refractivity contribution in [2.24, 2.45) is 0 Å². The van der Waals surface area contributed by atoms with Crippen molar-refractivity contribution in [1.29, 1.82) is 0 Å². The normalized spacial score (nSPS) is 19.6. The van der Waals surface area contributed by atoms with Gasteiger partial charge in [0.1, 0.15) is 5.82 Å². The Kier molecular flexibility index (Phi) is 2.93. The van der Waals surface area contributed by atoms with Gasteiger partial charge in [-0.15, -0.1) is 0 Å². The van der Waals surface area contributed by atoms with Crippen molar-refractivity contribution < 1.29 is 0 Å². The maximum atomic E-state index is 4.59. The molecule has 2 aromatic rings. The lowest BCUT2D eigenvalue weighted by Crippen LogP contribution is -2.20. The molecule has 1 saturated heterocycles. The number of nitrogens with zero attached hydrogens (tertiary/aromatic N) is 3. The Morgan fingerprint density at radius 3 is 2.94 bits per heavy atom. The van der Waals surface area contributed by atoms with Crippen molar-refractivity contribution in [3.05, 3.63) is 23.0 Å². The summed E-state index contributed by atoms with van der Waals surface area (Å²) < 4.78 is 1.95. The average Bonchev–Trinajstić information content (AvgIpc) is 2.92. The average molecular weight is 262 g/mol. The predicted octanol–water partition coefficient (Wildman–Crippen LogP) is 2.57. The van der Waals surface area contributed by atoms with E-state index in [4.69, 9.17) is 0 Å². The monoisotopic (exact) mass is 262 g/mol. The van der Waals surface area contributed by atoms with Crippen LogP contribution in [0, 0.1) is 20.8 Å². The van der Waals surface area contributed by atoms with Crippen molar-refractivity contribution in [3.8, 4) is 0 Å². The molecule has 1 fully saturated rings. The van der Waals surface area contributed by atoms with E-state index in [1.165, 1.54) is 23.5 Å². The van der Waals surface area contributed by atoms with Gasteiger partial charge in [-0.25, -0.2) is 4.98 Å². The van der Waals surface area contributed by atoms with Gasteiger partial charge in [-0.2, -0.15) is 21.4 Å². The minimum absolute atomic E-state index is 0.560. The third-order valence-corrected chi connectivity index (χ3v) is 4.63. The van der Waals surface area contributed by atoms with Crippen LogP contribution in [0.4, 0.5) is 5.82 Å². The number of thioether (sulfide) groups is 1. The highest BCUT2D eigenvalue weighted by atomic mass is 32.2. The predicted molar refractivity (Wildman–Crippen MR) is 76.6 cm³/mol. The van der Waals surface area contributed by atoms with Gasteiger partial charge in [-0.3, -0.25) is 0 Å². The zero-order valence-corrected chi connectivity index (χ0v) is 11.8. The molecule has 3 rings (SSSR count). The Morgan fingerprint density at radius 2 is 2.22 bits per heavy atom. The van der Waals surface area contributed by atoms with Crippen LogP contribution in [0.5, 0.6) is 0 Å². The third kappa shape index (κ3) is 1.96. The van der Waals surface area contributed by atoms with E-state index in [-0.39, 0.29) is 0 Å². The topological polar surface area (TPSA) is 42.2 Å². The van der Waals surface area contributed by atoms with Crippen molar-refractivity contribution in [2.75, 3.05) is 16.8 Å². The van der Waals surface area contributed by atoms with Crippen LogP contribution < -0.4 is 5.32 Å². The maximum Gasteiger partial charge on any atom is 0.160 e. The number of rotatable bonds is 2. The van der Waals surface area contributed by atoms with E-state index in [9.17, 15) is 0 Å². The second-order valence-corrected chi connectivity index (χ2v) is 6.08. The summed E-state index contributed by atoms with van der Waals surface area (Å²) in [5.41, 5.74) is 4.23. The first-order valence-electron chi connectivity index (χ1n) is 6.33. The van der Waals surface area contributed by atoms with Crippen molar-refractivity contribution in [3.63, 3.8) is 0 Å². The highest BCUT2D eigenvalue weighted by Gasteiger charge is 2.18. The molecular weight excluding hydrogens is 244 g/mol. The van der Waals surface area contributed by atoms with Crippen LogP contribution in [-0.2, 0) is 0 Å². The van der Waals surface area contributed by atoms with E-state index in [2.05, 4.69) is 28.4 Å².